The molecule has 1 heterocycles. The third-order valence-corrected chi connectivity index (χ3v) is 0.919. The van der Waals surface area contributed by atoms with E-state index in [1.807, 2.05) is 0 Å². The Kier molecular flexibility index (Phi) is 1.89. The second kappa shape index (κ2) is 2.86. The first kappa shape index (κ1) is 6.60. The monoisotopic (exact) mass is 139 g/mol. The van der Waals surface area contributed by atoms with Crippen molar-refractivity contribution in [1.82, 2.24) is 15.4 Å². The molecule has 0 spiro atoms. The van der Waals surface area contributed by atoms with E-state index in [0.29, 0.717) is 11.4 Å². The SMILES string of the molecule is CNN=c1nc(N)cc[nH]1. The normalized spacial score (nSPS) is 11.5. The van der Waals surface area contributed by atoms with Gasteiger partial charge in [-0.15, -0.1) is 5.10 Å². The molecule has 0 aliphatic rings. The fraction of sp³-hybridized carbons (Fsp3) is 0.200. The smallest absolute Gasteiger partial charge is 0.245 e. The highest BCUT2D eigenvalue weighted by Gasteiger charge is 1.82. The third kappa shape index (κ3) is 1.48. The molecule has 0 aliphatic heterocycles. The van der Waals surface area contributed by atoms with Gasteiger partial charge in [0.15, 0.2) is 0 Å². The van der Waals surface area contributed by atoms with Crippen LogP contribution >= 0.6 is 0 Å². The largest absolute Gasteiger partial charge is 0.384 e. The molecule has 4 N–H and O–H groups in total. The maximum Gasteiger partial charge on any atom is 0.245 e. The highest BCUT2D eigenvalue weighted by atomic mass is 15.3. The minimum atomic E-state index is 0.452. The average molecular weight is 139 g/mol. The van der Waals surface area contributed by atoms with Crippen molar-refractivity contribution in [2.24, 2.45) is 5.10 Å². The van der Waals surface area contributed by atoms with Crippen LogP contribution in [0, 0.1) is 0 Å². The summed E-state index contributed by atoms with van der Waals surface area (Å²) in [6.07, 6.45) is 1.68. The number of aromatic nitrogens is 2. The van der Waals surface area contributed by atoms with Gasteiger partial charge in [-0.1, -0.05) is 0 Å². The molecule has 0 atom stereocenters. The van der Waals surface area contributed by atoms with Gasteiger partial charge in [0.25, 0.3) is 0 Å². The predicted molar refractivity (Wildman–Crippen MR) is 37.6 cm³/mol. The maximum atomic E-state index is 5.37. The summed E-state index contributed by atoms with van der Waals surface area (Å²) in [6.45, 7) is 0. The summed E-state index contributed by atoms with van der Waals surface area (Å²) in [7, 11) is 1.69. The Morgan fingerprint density at radius 2 is 2.60 bits per heavy atom. The number of nitrogens with zero attached hydrogens (tertiary/aromatic N) is 2. The van der Waals surface area contributed by atoms with E-state index in [4.69, 9.17) is 5.73 Å². The number of hydrogen-bond acceptors (Lipinski definition) is 4. The molecule has 1 aromatic rings. The number of nitrogen functional groups attached to an aromatic ring is 1. The zero-order valence-electron chi connectivity index (χ0n) is 5.63. The van der Waals surface area contributed by atoms with Crippen LogP contribution in [0.3, 0.4) is 0 Å². The fourth-order valence-electron chi connectivity index (χ4n) is 0.557. The lowest BCUT2D eigenvalue weighted by molar-refractivity contribution is 0.805. The number of aromatic amines is 1. The number of H-pyrrole nitrogens is 1. The van der Waals surface area contributed by atoms with Crippen molar-refractivity contribution < 1.29 is 0 Å². The molecule has 0 saturated carbocycles. The molecule has 1 aromatic heterocycles. The summed E-state index contributed by atoms with van der Waals surface area (Å²) < 4.78 is 0. The molecule has 0 aliphatic carbocycles. The Balaban J connectivity index is 3.07. The summed E-state index contributed by atoms with van der Waals surface area (Å²) in [5.41, 5.74) is 8.43. The lowest BCUT2D eigenvalue weighted by Gasteiger charge is -1.89. The van der Waals surface area contributed by atoms with E-state index >= 15 is 0 Å². The molecule has 0 amide bonds. The van der Waals surface area contributed by atoms with Crippen molar-refractivity contribution in [2.45, 2.75) is 0 Å². The quantitative estimate of drug-likeness (QED) is 0.438. The summed E-state index contributed by atoms with van der Waals surface area (Å²) in [5, 5.41) is 3.77. The minimum absolute atomic E-state index is 0.452. The second-order valence-corrected chi connectivity index (χ2v) is 1.67. The van der Waals surface area contributed by atoms with Crippen molar-refractivity contribution in [2.75, 3.05) is 12.8 Å². The molecule has 10 heavy (non-hydrogen) atoms. The Labute approximate surface area is 58.0 Å². The lowest BCUT2D eigenvalue weighted by atomic mass is 10.6. The first-order chi connectivity index (χ1) is 4.83. The van der Waals surface area contributed by atoms with E-state index in [9.17, 15) is 0 Å². The van der Waals surface area contributed by atoms with Crippen LogP contribution in [0.4, 0.5) is 5.82 Å². The van der Waals surface area contributed by atoms with Gasteiger partial charge in [0.2, 0.25) is 5.62 Å². The van der Waals surface area contributed by atoms with Gasteiger partial charge in [-0.2, -0.15) is 4.98 Å². The zero-order chi connectivity index (χ0) is 7.40. The summed E-state index contributed by atoms with van der Waals surface area (Å²) in [4.78, 5) is 6.65. The number of hydrogen-bond donors (Lipinski definition) is 3. The first-order valence-corrected chi connectivity index (χ1v) is 2.84. The fourth-order valence-corrected chi connectivity index (χ4v) is 0.557. The van der Waals surface area contributed by atoms with Gasteiger partial charge >= 0.3 is 0 Å². The van der Waals surface area contributed by atoms with Crippen LogP contribution in [0.15, 0.2) is 17.4 Å². The number of rotatable bonds is 1. The lowest BCUT2D eigenvalue weighted by Crippen LogP contribution is -2.17. The van der Waals surface area contributed by atoms with E-state index < -0.39 is 0 Å². The molecule has 0 fully saturated rings. The van der Waals surface area contributed by atoms with Crippen LogP contribution in [0.5, 0.6) is 0 Å². The van der Waals surface area contributed by atoms with Gasteiger partial charge in [0.05, 0.1) is 0 Å². The van der Waals surface area contributed by atoms with Gasteiger partial charge in [0.1, 0.15) is 5.82 Å². The molecule has 0 saturated heterocycles. The molecular formula is C5H9N5. The molecule has 1 rings (SSSR count). The minimum Gasteiger partial charge on any atom is -0.384 e. The van der Waals surface area contributed by atoms with Gasteiger partial charge in [0, 0.05) is 13.2 Å². The Morgan fingerprint density at radius 1 is 1.80 bits per heavy atom. The number of anilines is 1. The van der Waals surface area contributed by atoms with Crippen LogP contribution in [-0.4, -0.2) is 17.0 Å². The van der Waals surface area contributed by atoms with Crippen LogP contribution in [0.25, 0.3) is 0 Å². The van der Waals surface area contributed by atoms with E-state index in [1.54, 1.807) is 19.3 Å². The van der Waals surface area contributed by atoms with Crippen LogP contribution in [-0.2, 0) is 0 Å². The molecular weight excluding hydrogens is 130 g/mol. The molecule has 54 valence electrons. The van der Waals surface area contributed by atoms with E-state index in [1.165, 1.54) is 0 Å². The van der Waals surface area contributed by atoms with Crippen molar-refractivity contribution in [3.8, 4) is 0 Å². The molecule has 0 unspecified atom stereocenters. The van der Waals surface area contributed by atoms with Crippen LogP contribution < -0.4 is 16.8 Å². The molecule has 5 nitrogen and oxygen atoms in total. The number of nitrogens with one attached hydrogen (secondary N) is 2. The highest BCUT2D eigenvalue weighted by molar-refractivity contribution is 5.22. The zero-order valence-corrected chi connectivity index (χ0v) is 5.63. The van der Waals surface area contributed by atoms with E-state index in [-0.39, 0.29) is 0 Å². The van der Waals surface area contributed by atoms with Crippen molar-refractivity contribution in [3.63, 3.8) is 0 Å². The van der Waals surface area contributed by atoms with Crippen LogP contribution in [0.2, 0.25) is 0 Å². The number of nitrogens with two attached hydrogens (primary N) is 1. The van der Waals surface area contributed by atoms with Crippen molar-refractivity contribution in [1.29, 1.82) is 0 Å². The Bertz CT molecular complexity index is 263. The summed E-state index contributed by atoms with van der Waals surface area (Å²) >= 11 is 0. The second-order valence-electron chi connectivity index (χ2n) is 1.67. The topological polar surface area (TPSA) is 79.1 Å². The third-order valence-electron chi connectivity index (χ3n) is 0.919. The summed E-state index contributed by atoms with van der Waals surface area (Å²) in [6, 6.07) is 1.66. The summed E-state index contributed by atoms with van der Waals surface area (Å²) in [5.74, 6) is 0.452. The van der Waals surface area contributed by atoms with E-state index in [0.717, 1.165) is 0 Å². The van der Waals surface area contributed by atoms with Crippen molar-refractivity contribution >= 4 is 5.82 Å². The first-order valence-electron chi connectivity index (χ1n) is 2.84. The van der Waals surface area contributed by atoms with Gasteiger partial charge < -0.3 is 16.1 Å². The average Bonchev–Trinajstić information content (AvgIpc) is 1.88. The molecule has 5 heteroatoms. The van der Waals surface area contributed by atoms with Gasteiger partial charge in [-0.25, -0.2) is 0 Å². The standard InChI is InChI=1S/C5H9N5/c1-7-10-5-8-3-2-4(6)9-5/h2-3,7H,1H3,(H3,6,8,9,10). The van der Waals surface area contributed by atoms with Crippen molar-refractivity contribution in [3.05, 3.63) is 17.9 Å². The molecule has 0 aromatic carbocycles. The predicted octanol–water partition coefficient (Wildman–Crippen LogP) is -0.973. The Hall–Kier alpha value is -1.52. The van der Waals surface area contributed by atoms with Gasteiger partial charge in [-0.05, 0) is 6.07 Å². The van der Waals surface area contributed by atoms with Crippen LogP contribution in [0.1, 0.15) is 0 Å². The molecule has 0 radical (unpaired) electrons. The van der Waals surface area contributed by atoms with E-state index in [2.05, 4.69) is 20.5 Å². The maximum absolute atomic E-state index is 5.37. The molecule has 0 bridgehead atoms. The van der Waals surface area contributed by atoms with Gasteiger partial charge in [-0.3, -0.25) is 0 Å². The highest BCUT2D eigenvalue weighted by Crippen LogP contribution is 1.83. The Morgan fingerprint density at radius 3 is 3.20 bits per heavy atom.